The molecule has 1 aromatic heterocycles. The lowest BCUT2D eigenvalue weighted by atomic mass is 10.1. The van der Waals surface area contributed by atoms with Gasteiger partial charge in [0.2, 0.25) is 0 Å². The van der Waals surface area contributed by atoms with E-state index >= 15 is 0 Å². The second-order valence-electron chi connectivity index (χ2n) is 2.94. The van der Waals surface area contributed by atoms with E-state index in [1.54, 1.807) is 12.3 Å². The summed E-state index contributed by atoms with van der Waals surface area (Å²) in [6, 6.07) is 5.29. The van der Waals surface area contributed by atoms with Crippen LogP contribution in [0.2, 0.25) is 0 Å². The number of nitrogens with zero attached hydrogens (tertiary/aromatic N) is 1. The van der Waals surface area contributed by atoms with Crippen LogP contribution in [0.1, 0.15) is 5.56 Å². The first-order chi connectivity index (χ1) is 6.57. The molecule has 2 aromatic rings. The topological polar surface area (TPSA) is 12.9 Å². The quantitative estimate of drug-likeness (QED) is 0.631. The highest BCUT2D eigenvalue weighted by atomic mass is 19.4. The van der Waals surface area contributed by atoms with Gasteiger partial charge in [0.05, 0.1) is 5.56 Å². The van der Waals surface area contributed by atoms with Crippen LogP contribution >= 0.6 is 0 Å². The fraction of sp³-hybridized carbons (Fsp3) is 0.100. The van der Waals surface area contributed by atoms with Crippen LogP contribution in [0.3, 0.4) is 0 Å². The Bertz CT molecular complexity index is 462. The van der Waals surface area contributed by atoms with Crippen LogP contribution in [-0.4, -0.2) is 4.98 Å². The minimum Gasteiger partial charge on any atom is -0.264 e. The van der Waals surface area contributed by atoms with Crippen molar-refractivity contribution in [3.63, 3.8) is 0 Å². The van der Waals surface area contributed by atoms with Crippen LogP contribution < -0.4 is 0 Å². The van der Waals surface area contributed by atoms with Gasteiger partial charge in [0.1, 0.15) is 0 Å². The summed E-state index contributed by atoms with van der Waals surface area (Å²) in [5.41, 5.74) is -0.641. The summed E-state index contributed by atoms with van der Waals surface area (Å²) < 4.78 is 36.9. The van der Waals surface area contributed by atoms with Crippen molar-refractivity contribution >= 4 is 10.8 Å². The van der Waals surface area contributed by atoms with E-state index in [0.717, 1.165) is 17.5 Å². The van der Waals surface area contributed by atoms with Crippen LogP contribution in [-0.2, 0) is 6.18 Å². The Kier molecular flexibility index (Phi) is 1.91. The third-order valence-corrected chi connectivity index (χ3v) is 1.97. The van der Waals surface area contributed by atoms with Crippen LogP contribution in [0.4, 0.5) is 13.2 Å². The van der Waals surface area contributed by atoms with Gasteiger partial charge in [0.15, 0.2) is 0 Å². The van der Waals surface area contributed by atoms with Gasteiger partial charge < -0.3 is 0 Å². The van der Waals surface area contributed by atoms with E-state index in [1.165, 1.54) is 12.3 Å². The lowest BCUT2D eigenvalue weighted by Crippen LogP contribution is -2.04. The van der Waals surface area contributed by atoms with Crippen molar-refractivity contribution in [2.75, 3.05) is 0 Å². The van der Waals surface area contributed by atoms with Crippen molar-refractivity contribution in [1.29, 1.82) is 0 Å². The second kappa shape index (κ2) is 2.97. The van der Waals surface area contributed by atoms with E-state index in [1.807, 2.05) is 0 Å². The normalized spacial score (nSPS) is 11.9. The molecule has 4 heteroatoms. The van der Waals surface area contributed by atoms with Crippen molar-refractivity contribution in [3.8, 4) is 0 Å². The highest BCUT2D eigenvalue weighted by Gasteiger charge is 2.30. The van der Waals surface area contributed by atoms with E-state index in [9.17, 15) is 13.2 Å². The fourth-order valence-electron chi connectivity index (χ4n) is 1.26. The Hall–Kier alpha value is -1.58. The number of benzene rings is 1. The summed E-state index contributed by atoms with van der Waals surface area (Å²) in [4.78, 5) is 3.77. The standard InChI is InChI=1S/C10H6F3N/c11-10(12,13)9-2-1-7-3-4-14-6-8(7)5-9/h1-6H. The Morgan fingerprint density at radius 2 is 1.79 bits per heavy atom. The summed E-state index contributed by atoms with van der Waals surface area (Å²) in [5, 5.41) is 1.26. The SMILES string of the molecule is FC(F)(F)c1ccc2ccncc2c1. The van der Waals surface area contributed by atoms with Gasteiger partial charge in [0.25, 0.3) is 0 Å². The van der Waals surface area contributed by atoms with Crippen LogP contribution in [0.25, 0.3) is 10.8 Å². The van der Waals surface area contributed by atoms with Gasteiger partial charge in [-0.2, -0.15) is 13.2 Å². The van der Waals surface area contributed by atoms with Gasteiger partial charge in [0, 0.05) is 17.8 Å². The fourth-order valence-corrected chi connectivity index (χ4v) is 1.26. The molecule has 0 spiro atoms. The molecular formula is C10H6F3N. The molecule has 72 valence electrons. The molecular weight excluding hydrogens is 191 g/mol. The third kappa shape index (κ3) is 1.55. The van der Waals surface area contributed by atoms with Gasteiger partial charge in [-0.25, -0.2) is 0 Å². The van der Waals surface area contributed by atoms with Crippen molar-refractivity contribution in [2.24, 2.45) is 0 Å². The zero-order valence-corrected chi connectivity index (χ0v) is 7.05. The van der Waals surface area contributed by atoms with E-state index in [4.69, 9.17) is 0 Å². The molecule has 0 saturated heterocycles. The van der Waals surface area contributed by atoms with Crippen molar-refractivity contribution in [1.82, 2.24) is 4.98 Å². The lowest BCUT2D eigenvalue weighted by Gasteiger charge is -2.06. The second-order valence-corrected chi connectivity index (χ2v) is 2.94. The maximum Gasteiger partial charge on any atom is 0.416 e. The smallest absolute Gasteiger partial charge is 0.264 e. The molecule has 0 fully saturated rings. The minimum atomic E-state index is -4.29. The highest BCUT2D eigenvalue weighted by molar-refractivity contribution is 5.82. The first-order valence-electron chi connectivity index (χ1n) is 3.98. The van der Waals surface area contributed by atoms with E-state index in [-0.39, 0.29) is 0 Å². The van der Waals surface area contributed by atoms with E-state index in [2.05, 4.69) is 4.98 Å². The van der Waals surface area contributed by atoms with Gasteiger partial charge in [-0.05, 0) is 23.6 Å². The molecule has 1 heterocycles. The number of pyridine rings is 1. The van der Waals surface area contributed by atoms with Crippen LogP contribution in [0.15, 0.2) is 36.7 Å². The molecule has 0 atom stereocenters. The number of hydrogen-bond donors (Lipinski definition) is 0. The highest BCUT2D eigenvalue weighted by Crippen LogP contribution is 2.30. The number of aromatic nitrogens is 1. The zero-order valence-electron chi connectivity index (χ0n) is 7.05. The van der Waals surface area contributed by atoms with Crippen LogP contribution in [0, 0.1) is 0 Å². The predicted molar refractivity (Wildman–Crippen MR) is 46.7 cm³/mol. The Morgan fingerprint density at radius 3 is 2.50 bits per heavy atom. The number of halogens is 3. The number of alkyl halides is 3. The summed E-state index contributed by atoms with van der Waals surface area (Å²) in [7, 11) is 0. The summed E-state index contributed by atoms with van der Waals surface area (Å²) in [6.07, 6.45) is -1.32. The molecule has 0 bridgehead atoms. The molecule has 1 aromatic carbocycles. The average Bonchev–Trinajstić information content (AvgIpc) is 2.16. The molecule has 0 amide bonds. The lowest BCUT2D eigenvalue weighted by molar-refractivity contribution is -0.137. The van der Waals surface area contributed by atoms with E-state index < -0.39 is 11.7 Å². The Morgan fingerprint density at radius 1 is 1.00 bits per heavy atom. The van der Waals surface area contributed by atoms with E-state index in [0.29, 0.717) is 5.39 Å². The first-order valence-corrected chi connectivity index (χ1v) is 3.98. The third-order valence-electron chi connectivity index (χ3n) is 1.97. The zero-order chi connectivity index (χ0) is 10.2. The maximum absolute atomic E-state index is 12.3. The molecule has 0 aliphatic heterocycles. The van der Waals surface area contributed by atoms with Crippen molar-refractivity contribution in [2.45, 2.75) is 6.18 Å². The molecule has 0 N–H and O–H groups in total. The molecule has 14 heavy (non-hydrogen) atoms. The number of rotatable bonds is 0. The van der Waals surface area contributed by atoms with Crippen molar-refractivity contribution < 1.29 is 13.2 Å². The largest absolute Gasteiger partial charge is 0.416 e. The maximum atomic E-state index is 12.3. The molecule has 0 saturated carbocycles. The van der Waals surface area contributed by atoms with Gasteiger partial charge in [-0.1, -0.05) is 6.07 Å². The summed E-state index contributed by atoms with van der Waals surface area (Å²) in [6.45, 7) is 0. The summed E-state index contributed by atoms with van der Waals surface area (Å²) in [5.74, 6) is 0. The minimum absolute atomic E-state index is 0.502. The van der Waals surface area contributed by atoms with Gasteiger partial charge in [-0.15, -0.1) is 0 Å². The molecule has 0 aliphatic carbocycles. The molecule has 0 radical (unpaired) electrons. The monoisotopic (exact) mass is 197 g/mol. The molecule has 1 nitrogen and oxygen atoms in total. The number of hydrogen-bond acceptors (Lipinski definition) is 1. The van der Waals surface area contributed by atoms with Gasteiger partial charge in [-0.3, -0.25) is 4.98 Å². The predicted octanol–water partition coefficient (Wildman–Crippen LogP) is 3.25. The molecule has 0 unspecified atom stereocenters. The first kappa shape index (κ1) is 8.99. The number of fused-ring (bicyclic) bond motifs is 1. The molecule has 2 rings (SSSR count). The Balaban J connectivity index is 2.63. The average molecular weight is 197 g/mol. The van der Waals surface area contributed by atoms with Crippen molar-refractivity contribution in [3.05, 3.63) is 42.2 Å². The Labute approximate surface area is 78.2 Å². The molecule has 0 aliphatic rings. The van der Waals surface area contributed by atoms with Crippen LogP contribution in [0.5, 0.6) is 0 Å². The van der Waals surface area contributed by atoms with Gasteiger partial charge >= 0.3 is 6.18 Å². The summed E-state index contributed by atoms with van der Waals surface area (Å²) >= 11 is 0.